The number of aryl methyl sites for hydroxylation is 1. The molecule has 0 aliphatic carbocycles. The number of carbonyl (C=O) groups excluding carboxylic acids is 1. The number of carbonyl (C=O) groups is 1. The van der Waals surface area contributed by atoms with Crippen molar-refractivity contribution in [2.75, 3.05) is 38.7 Å². The summed E-state index contributed by atoms with van der Waals surface area (Å²) in [7, 11) is 1.57. The number of anilines is 1. The number of imidazole rings is 1. The number of nitrogens with zero attached hydrogens (tertiary/aromatic N) is 4. The molecule has 1 atom stereocenters. The zero-order valence-corrected chi connectivity index (χ0v) is 16.8. The van der Waals surface area contributed by atoms with Gasteiger partial charge in [0.05, 0.1) is 17.6 Å². The molecular formula is C20H27N5O4. The summed E-state index contributed by atoms with van der Waals surface area (Å²) in [6.45, 7) is 4.16. The fourth-order valence-corrected chi connectivity index (χ4v) is 3.75. The highest BCUT2D eigenvalue weighted by molar-refractivity contribution is 5.95. The minimum atomic E-state index is -0.468. The largest absolute Gasteiger partial charge is 0.383 e. The average molecular weight is 401 g/mol. The molecule has 1 aromatic heterocycles. The van der Waals surface area contributed by atoms with Crippen LogP contribution in [0.3, 0.4) is 0 Å². The molecule has 0 saturated carbocycles. The van der Waals surface area contributed by atoms with Gasteiger partial charge in [0.25, 0.3) is 11.6 Å². The van der Waals surface area contributed by atoms with E-state index in [1.54, 1.807) is 30.3 Å². The predicted molar refractivity (Wildman–Crippen MR) is 109 cm³/mol. The van der Waals surface area contributed by atoms with Crippen LogP contribution in [-0.2, 0) is 11.2 Å². The van der Waals surface area contributed by atoms with Gasteiger partial charge in [-0.3, -0.25) is 14.9 Å². The molecular weight excluding hydrogens is 374 g/mol. The van der Waals surface area contributed by atoms with Crippen molar-refractivity contribution in [1.82, 2.24) is 14.5 Å². The maximum Gasteiger partial charge on any atom is 0.293 e. The van der Waals surface area contributed by atoms with Crippen molar-refractivity contribution in [2.45, 2.75) is 32.2 Å². The highest BCUT2D eigenvalue weighted by Crippen LogP contribution is 2.28. The lowest BCUT2D eigenvalue weighted by Crippen LogP contribution is -2.41. The van der Waals surface area contributed by atoms with Gasteiger partial charge in [-0.15, -0.1) is 0 Å². The van der Waals surface area contributed by atoms with Crippen LogP contribution in [0.2, 0.25) is 0 Å². The normalized spacial score (nSPS) is 16.6. The van der Waals surface area contributed by atoms with Gasteiger partial charge in [-0.2, -0.15) is 0 Å². The van der Waals surface area contributed by atoms with E-state index in [1.165, 1.54) is 6.07 Å². The lowest BCUT2D eigenvalue weighted by Gasteiger charge is -2.34. The number of nitrogens with one attached hydrogen (secondary N) is 1. The first kappa shape index (κ1) is 20.8. The van der Waals surface area contributed by atoms with E-state index < -0.39 is 4.92 Å². The molecule has 1 N–H and O–H groups in total. The maximum atomic E-state index is 13.1. The van der Waals surface area contributed by atoms with Crippen LogP contribution in [0.4, 0.5) is 11.4 Å². The molecule has 0 bridgehead atoms. The number of nitro benzene ring substituents is 1. The van der Waals surface area contributed by atoms with Crippen LogP contribution < -0.4 is 5.32 Å². The third kappa shape index (κ3) is 4.73. The van der Waals surface area contributed by atoms with Crippen molar-refractivity contribution in [3.05, 3.63) is 52.1 Å². The maximum absolute atomic E-state index is 13.1. The molecule has 2 heterocycles. The molecule has 3 rings (SSSR count). The number of nitro groups is 1. The van der Waals surface area contributed by atoms with Crippen molar-refractivity contribution < 1.29 is 14.5 Å². The van der Waals surface area contributed by atoms with Crippen LogP contribution in [0.1, 0.15) is 42.0 Å². The van der Waals surface area contributed by atoms with E-state index in [2.05, 4.69) is 21.8 Å². The van der Waals surface area contributed by atoms with Crippen LogP contribution >= 0.6 is 0 Å². The van der Waals surface area contributed by atoms with Gasteiger partial charge >= 0.3 is 0 Å². The first-order valence-electron chi connectivity index (χ1n) is 9.87. The zero-order chi connectivity index (χ0) is 20.8. The number of hydrogen-bond donors (Lipinski definition) is 1. The number of ether oxygens (including phenoxy) is 1. The second-order valence-electron chi connectivity index (χ2n) is 7.06. The highest BCUT2D eigenvalue weighted by Gasteiger charge is 2.27. The van der Waals surface area contributed by atoms with E-state index in [1.807, 2.05) is 6.20 Å². The monoisotopic (exact) mass is 401 g/mol. The van der Waals surface area contributed by atoms with Gasteiger partial charge in [0.2, 0.25) is 0 Å². The minimum absolute atomic E-state index is 0.108. The Bertz CT molecular complexity index is 866. The van der Waals surface area contributed by atoms with Crippen LogP contribution in [0.15, 0.2) is 30.6 Å². The van der Waals surface area contributed by atoms with Crippen LogP contribution in [-0.4, -0.2) is 58.6 Å². The molecule has 156 valence electrons. The van der Waals surface area contributed by atoms with Crippen molar-refractivity contribution in [2.24, 2.45) is 0 Å². The number of amides is 1. The van der Waals surface area contributed by atoms with E-state index in [4.69, 9.17) is 4.74 Å². The molecule has 0 spiro atoms. The molecule has 9 heteroatoms. The molecule has 1 fully saturated rings. The summed E-state index contributed by atoms with van der Waals surface area (Å²) in [5, 5.41) is 14.5. The second-order valence-corrected chi connectivity index (χ2v) is 7.06. The summed E-state index contributed by atoms with van der Waals surface area (Å²) in [5.74, 6) is 0.825. The van der Waals surface area contributed by atoms with E-state index in [9.17, 15) is 14.9 Å². The Balaban J connectivity index is 1.76. The molecule has 2 aromatic rings. The smallest absolute Gasteiger partial charge is 0.293 e. The van der Waals surface area contributed by atoms with Gasteiger partial charge in [-0.05, 0) is 25.0 Å². The molecule has 1 unspecified atom stereocenters. The van der Waals surface area contributed by atoms with Crippen molar-refractivity contribution in [3.63, 3.8) is 0 Å². The van der Waals surface area contributed by atoms with Gasteiger partial charge in [0, 0.05) is 57.2 Å². The van der Waals surface area contributed by atoms with Crippen molar-refractivity contribution >= 4 is 17.3 Å². The molecule has 9 nitrogen and oxygen atoms in total. The summed E-state index contributed by atoms with van der Waals surface area (Å²) < 4.78 is 7.11. The predicted octanol–water partition coefficient (Wildman–Crippen LogP) is 2.89. The molecule has 1 aliphatic rings. The Labute approximate surface area is 169 Å². The van der Waals surface area contributed by atoms with E-state index in [-0.39, 0.29) is 17.6 Å². The van der Waals surface area contributed by atoms with Gasteiger partial charge < -0.3 is 19.5 Å². The van der Waals surface area contributed by atoms with E-state index >= 15 is 0 Å². The third-order valence-corrected chi connectivity index (χ3v) is 5.21. The third-order valence-electron chi connectivity index (χ3n) is 5.21. The van der Waals surface area contributed by atoms with Crippen LogP contribution in [0, 0.1) is 10.1 Å². The number of hydrogen-bond acceptors (Lipinski definition) is 6. The lowest BCUT2D eigenvalue weighted by atomic mass is 10.0. The summed E-state index contributed by atoms with van der Waals surface area (Å²) >= 11 is 0. The number of methoxy groups -OCH3 is 1. The molecule has 1 amide bonds. The summed E-state index contributed by atoms with van der Waals surface area (Å²) in [5.41, 5.74) is 0.602. The van der Waals surface area contributed by atoms with Crippen molar-refractivity contribution in [3.8, 4) is 0 Å². The standard InChI is InChI=1S/C20H27N5O4/c1-3-19-22-8-11-24(19)16-5-4-10-23(14-16)20(26)15-6-7-17(21-9-12-29-2)18(13-15)25(27)28/h6-8,11,13,16,21H,3-5,9-10,12,14H2,1-2H3. The fraction of sp³-hybridized carbons (Fsp3) is 0.500. The van der Waals surface area contributed by atoms with E-state index in [0.717, 1.165) is 25.1 Å². The minimum Gasteiger partial charge on any atom is -0.383 e. The first-order chi connectivity index (χ1) is 14.0. The Morgan fingerprint density at radius 3 is 3.00 bits per heavy atom. The fourth-order valence-electron chi connectivity index (χ4n) is 3.75. The topological polar surface area (TPSA) is 103 Å². The Morgan fingerprint density at radius 1 is 1.45 bits per heavy atom. The summed E-state index contributed by atoms with van der Waals surface area (Å²) in [6, 6.07) is 4.77. The van der Waals surface area contributed by atoms with E-state index in [0.29, 0.717) is 37.5 Å². The molecule has 29 heavy (non-hydrogen) atoms. The van der Waals surface area contributed by atoms with Crippen LogP contribution in [0.25, 0.3) is 0 Å². The van der Waals surface area contributed by atoms with Gasteiger partial charge in [-0.1, -0.05) is 6.92 Å². The number of aromatic nitrogens is 2. The first-order valence-corrected chi connectivity index (χ1v) is 9.87. The zero-order valence-electron chi connectivity index (χ0n) is 16.8. The quantitative estimate of drug-likeness (QED) is 0.414. The summed E-state index contributed by atoms with van der Waals surface area (Å²) in [4.78, 5) is 30.2. The lowest BCUT2D eigenvalue weighted by molar-refractivity contribution is -0.384. The SMILES string of the molecule is CCc1nccn1C1CCCN(C(=O)c2ccc(NCCOC)c([N+](=O)[O-])c2)C1. The Kier molecular flexibility index (Phi) is 6.82. The van der Waals surface area contributed by atoms with Crippen LogP contribution in [0.5, 0.6) is 0 Å². The number of benzene rings is 1. The Morgan fingerprint density at radius 2 is 2.28 bits per heavy atom. The molecule has 0 radical (unpaired) electrons. The number of piperidine rings is 1. The van der Waals surface area contributed by atoms with Gasteiger partial charge in [0.1, 0.15) is 11.5 Å². The summed E-state index contributed by atoms with van der Waals surface area (Å²) in [6.07, 6.45) is 6.45. The second kappa shape index (κ2) is 9.51. The number of rotatable bonds is 8. The molecule has 1 aromatic carbocycles. The van der Waals surface area contributed by atoms with Gasteiger partial charge in [0.15, 0.2) is 0 Å². The Hall–Kier alpha value is -2.94. The van der Waals surface area contributed by atoms with Crippen molar-refractivity contribution in [1.29, 1.82) is 0 Å². The van der Waals surface area contributed by atoms with Gasteiger partial charge in [-0.25, -0.2) is 4.98 Å². The highest BCUT2D eigenvalue weighted by atomic mass is 16.6. The molecule has 1 saturated heterocycles. The average Bonchev–Trinajstić information content (AvgIpc) is 3.22. The molecule has 1 aliphatic heterocycles. The number of likely N-dealkylation sites (tertiary alicyclic amines) is 1.